The summed E-state index contributed by atoms with van der Waals surface area (Å²) in [7, 11) is 1.90. The van der Waals surface area contributed by atoms with Crippen molar-refractivity contribution in [2.24, 2.45) is 0 Å². The highest BCUT2D eigenvalue weighted by molar-refractivity contribution is 5.90. The van der Waals surface area contributed by atoms with Gasteiger partial charge in [-0.15, -0.1) is 0 Å². The Balaban J connectivity index is 2.34. The summed E-state index contributed by atoms with van der Waals surface area (Å²) < 4.78 is 5.08. The second-order valence-electron chi connectivity index (χ2n) is 4.01. The Hall–Kier alpha value is -1.71. The zero-order chi connectivity index (χ0) is 12.3. The molecular weight excluding hydrogens is 216 g/mol. The number of nitrogens with one attached hydrogen (secondary N) is 1. The van der Waals surface area contributed by atoms with E-state index < -0.39 is 0 Å². The van der Waals surface area contributed by atoms with E-state index in [0.29, 0.717) is 6.61 Å². The quantitative estimate of drug-likeness (QED) is 0.855. The maximum Gasteiger partial charge on any atom is 0.414 e. The first-order valence-electron chi connectivity index (χ1n) is 6.02. The molecule has 0 bridgehead atoms. The minimum atomic E-state index is -0.248. The zero-order valence-electron chi connectivity index (χ0n) is 10.3. The second kappa shape index (κ2) is 5.08. The predicted molar refractivity (Wildman–Crippen MR) is 68.7 cm³/mol. The molecular formula is C13H18N2O2. The van der Waals surface area contributed by atoms with Gasteiger partial charge in [0, 0.05) is 19.3 Å². The number of benzene rings is 1. The third-order valence-corrected chi connectivity index (χ3v) is 3.01. The predicted octanol–water partition coefficient (Wildman–Crippen LogP) is 2.64. The lowest BCUT2D eigenvalue weighted by Crippen LogP contribution is -2.36. The maximum atomic E-state index is 11.8. The van der Waals surface area contributed by atoms with Crippen molar-refractivity contribution in [1.82, 2.24) is 0 Å². The van der Waals surface area contributed by atoms with E-state index in [0.717, 1.165) is 30.8 Å². The van der Waals surface area contributed by atoms with Crippen molar-refractivity contribution >= 4 is 17.5 Å². The van der Waals surface area contributed by atoms with Crippen molar-refractivity contribution in [3.8, 4) is 0 Å². The van der Waals surface area contributed by atoms with Gasteiger partial charge in [0.2, 0.25) is 0 Å². The van der Waals surface area contributed by atoms with Crippen molar-refractivity contribution in [3.05, 3.63) is 23.8 Å². The Kier molecular flexibility index (Phi) is 3.52. The first kappa shape index (κ1) is 11.8. The first-order valence-corrected chi connectivity index (χ1v) is 6.02. The summed E-state index contributed by atoms with van der Waals surface area (Å²) in [6.45, 7) is 2.97. The number of ether oxygens (including phenoxy) is 1. The van der Waals surface area contributed by atoms with Crippen LogP contribution in [0, 0.1) is 0 Å². The summed E-state index contributed by atoms with van der Waals surface area (Å²) in [5.41, 5.74) is 3.27. The van der Waals surface area contributed by atoms with Crippen molar-refractivity contribution in [3.63, 3.8) is 0 Å². The highest BCUT2D eigenvalue weighted by Gasteiger charge is 2.24. The lowest BCUT2D eigenvalue weighted by atomic mass is 10.00. The number of nitrogens with zero attached hydrogens (tertiary/aromatic N) is 1. The topological polar surface area (TPSA) is 41.6 Å². The van der Waals surface area contributed by atoms with Gasteiger partial charge in [-0.1, -0.05) is 6.07 Å². The highest BCUT2D eigenvalue weighted by Crippen LogP contribution is 2.32. The monoisotopic (exact) mass is 234 g/mol. The molecule has 4 nitrogen and oxygen atoms in total. The third-order valence-electron chi connectivity index (χ3n) is 3.01. The summed E-state index contributed by atoms with van der Waals surface area (Å²) in [4.78, 5) is 13.6. The summed E-state index contributed by atoms with van der Waals surface area (Å²) >= 11 is 0. The Morgan fingerprint density at radius 3 is 3.06 bits per heavy atom. The molecule has 1 aliphatic rings. The van der Waals surface area contributed by atoms with Gasteiger partial charge < -0.3 is 10.1 Å². The fourth-order valence-corrected chi connectivity index (χ4v) is 2.25. The van der Waals surface area contributed by atoms with Crippen LogP contribution in [0.5, 0.6) is 0 Å². The van der Waals surface area contributed by atoms with E-state index in [1.165, 1.54) is 5.56 Å². The van der Waals surface area contributed by atoms with Crippen LogP contribution in [0.2, 0.25) is 0 Å². The van der Waals surface area contributed by atoms with Gasteiger partial charge in [-0.25, -0.2) is 4.79 Å². The fourth-order valence-electron chi connectivity index (χ4n) is 2.25. The van der Waals surface area contributed by atoms with Crippen LogP contribution >= 0.6 is 0 Å². The van der Waals surface area contributed by atoms with Crippen molar-refractivity contribution in [2.45, 2.75) is 19.8 Å². The Labute approximate surface area is 102 Å². The standard InChI is InChI=1S/C13H18N2O2/c1-3-17-13(16)15-9-5-6-10-11(14-2)7-4-8-12(10)15/h4,7-8,14H,3,5-6,9H2,1-2H3. The minimum absolute atomic E-state index is 0.248. The molecule has 1 aromatic carbocycles. The van der Waals surface area contributed by atoms with Crippen LogP contribution in [0.1, 0.15) is 18.9 Å². The molecule has 17 heavy (non-hydrogen) atoms. The summed E-state index contributed by atoms with van der Waals surface area (Å²) in [5.74, 6) is 0. The summed E-state index contributed by atoms with van der Waals surface area (Å²) in [6.07, 6.45) is 1.73. The van der Waals surface area contributed by atoms with Crippen LogP contribution in [-0.2, 0) is 11.2 Å². The molecule has 0 atom stereocenters. The Bertz CT molecular complexity index is 418. The third kappa shape index (κ3) is 2.20. The minimum Gasteiger partial charge on any atom is -0.449 e. The largest absolute Gasteiger partial charge is 0.449 e. The fraction of sp³-hybridized carbons (Fsp3) is 0.462. The van der Waals surface area contributed by atoms with E-state index >= 15 is 0 Å². The van der Waals surface area contributed by atoms with E-state index in [4.69, 9.17) is 4.74 Å². The van der Waals surface area contributed by atoms with E-state index in [1.807, 2.05) is 32.2 Å². The van der Waals surface area contributed by atoms with Crippen molar-refractivity contribution < 1.29 is 9.53 Å². The highest BCUT2D eigenvalue weighted by atomic mass is 16.6. The molecule has 0 spiro atoms. The van der Waals surface area contributed by atoms with E-state index in [2.05, 4.69) is 5.32 Å². The molecule has 1 aliphatic heterocycles. The van der Waals surface area contributed by atoms with E-state index in [1.54, 1.807) is 4.90 Å². The van der Waals surface area contributed by atoms with Crippen LogP contribution < -0.4 is 10.2 Å². The number of anilines is 2. The smallest absolute Gasteiger partial charge is 0.414 e. The lowest BCUT2D eigenvalue weighted by Gasteiger charge is -2.29. The summed E-state index contributed by atoms with van der Waals surface area (Å²) in [5, 5.41) is 3.17. The van der Waals surface area contributed by atoms with Crippen LogP contribution in [-0.4, -0.2) is 26.3 Å². The van der Waals surface area contributed by atoms with Gasteiger partial charge in [0.15, 0.2) is 0 Å². The molecule has 0 saturated heterocycles. The van der Waals surface area contributed by atoms with Gasteiger partial charge in [-0.05, 0) is 37.5 Å². The number of carbonyl (C=O) groups excluding carboxylic acids is 1. The molecule has 92 valence electrons. The molecule has 2 rings (SSSR count). The molecule has 0 saturated carbocycles. The molecule has 0 radical (unpaired) electrons. The molecule has 1 amide bonds. The Morgan fingerprint density at radius 1 is 1.53 bits per heavy atom. The molecule has 0 fully saturated rings. The number of rotatable bonds is 2. The molecule has 1 heterocycles. The van der Waals surface area contributed by atoms with Gasteiger partial charge in [0.25, 0.3) is 0 Å². The average Bonchev–Trinajstić information content (AvgIpc) is 2.37. The van der Waals surface area contributed by atoms with Gasteiger partial charge in [0.1, 0.15) is 0 Å². The zero-order valence-corrected chi connectivity index (χ0v) is 10.3. The summed E-state index contributed by atoms with van der Waals surface area (Å²) in [6, 6.07) is 5.97. The maximum absolute atomic E-state index is 11.8. The molecule has 4 heteroatoms. The SMILES string of the molecule is CCOC(=O)N1CCCc2c(NC)cccc21. The lowest BCUT2D eigenvalue weighted by molar-refractivity contribution is 0.159. The van der Waals surface area contributed by atoms with Crippen LogP contribution in [0.4, 0.5) is 16.2 Å². The van der Waals surface area contributed by atoms with Crippen LogP contribution in [0.25, 0.3) is 0 Å². The number of hydrogen-bond donors (Lipinski definition) is 1. The van der Waals surface area contributed by atoms with Gasteiger partial charge in [0.05, 0.1) is 12.3 Å². The second-order valence-corrected chi connectivity index (χ2v) is 4.01. The molecule has 0 aliphatic carbocycles. The van der Waals surface area contributed by atoms with Crippen molar-refractivity contribution in [2.75, 3.05) is 30.4 Å². The molecule has 0 aromatic heterocycles. The number of carbonyl (C=O) groups is 1. The molecule has 0 unspecified atom stereocenters. The van der Waals surface area contributed by atoms with Crippen molar-refractivity contribution in [1.29, 1.82) is 0 Å². The van der Waals surface area contributed by atoms with E-state index in [9.17, 15) is 4.79 Å². The van der Waals surface area contributed by atoms with E-state index in [-0.39, 0.29) is 6.09 Å². The number of amides is 1. The van der Waals surface area contributed by atoms with Gasteiger partial charge >= 0.3 is 6.09 Å². The van der Waals surface area contributed by atoms with Gasteiger partial charge in [-0.3, -0.25) is 4.90 Å². The average molecular weight is 234 g/mol. The van der Waals surface area contributed by atoms with Crippen LogP contribution in [0.3, 0.4) is 0 Å². The first-order chi connectivity index (χ1) is 8.27. The normalized spacial score (nSPS) is 14.1. The molecule has 1 aromatic rings. The Morgan fingerprint density at radius 2 is 2.35 bits per heavy atom. The number of fused-ring (bicyclic) bond motifs is 1. The molecule has 1 N–H and O–H groups in total. The van der Waals surface area contributed by atoms with Crippen LogP contribution in [0.15, 0.2) is 18.2 Å². The van der Waals surface area contributed by atoms with Gasteiger partial charge in [-0.2, -0.15) is 0 Å². The number of hydrogen-bond acceptors (Lipinski definition) is 3.